The van der Waals surface area contributed by atoms with Crippen molar-refractivity contribution in [3.8, 4) is 0 Å². The number of carbonyl (C=O) groups is 3. The summed E-state index contributed by atoms with van der Waals surface area (Å²) < 4.78 is 22.7. The molecule has 2 heterocycles. The zero-order valence-electron chi connectivity index (χ0n) is 17.0. The highest BCUT2D eigenvalue weighted by Gasteiger charge is 2.28. The molecule has 0 unspecified atom stereocenters. The first-order chi connectivity index (χ1) is 15.2. The minimum Gasteiger partial charge on any atom is -0.339 e. The molecule has 9 nitrogen and oxygen atoms in total. The van der Waals surface area contributed by atoms with Gasteiger partial charge in [-0.1, -0.05) is 0 Å². The Morgan fingerprint density at radius 1 is 1.09 bits per heavy atom. The van der Waals surface area contributed by atoms with Gasteiger partial charge in [-0.15, -0.1) is 11.8 Å². The summed E-state index contributed by atoms with van der Waals surface area (Å²) in [5.41, 5.74) is 1.64. The molecule has 11 heteroatoms. The number of primary sulfonamides is 1. The number of nitrogens with zero attached hydrogens (tertiary/aromatic N) is 1. The second-order valence-electron chi connectivity index (χ2n) is 7.67. The minimum absolute atomic E-state index is 0.0253. The van der Waals surface area contributed by atoms with E-state index in [4.69, 9.17) is 5.14 Å². The summed E-state index contributed by atoms with van der Waals surface area (Å²) >= 11 is 1.44. The van der Waals surface area contributed by atoms with Crippen LogP contribution in [0.3, 0.4) is 0 Å². The van der Waals surface area contributed by atoms with Gasteiger partial charge in [-0.25, -0.2) is 13.6 Å². The van der Waals surface area contributed by atoms with Gasteiger partial charge >= 0.3 is 0 Å². The van der Waals surface area contributed by atoms with E-state index in [0.717, 1.165) is 4.90 Å². The van der Waals surface area contributed by atoms with Crippen LogP contribution in [0.15, 0.2) is 52.3 Å². The maximum absolute atomic E-state index is 12.9. The number of sulfonamides is 1. The second kappa shape index (κ2) is 8.93. The van der Waals surface area contributed by atoms with Gasteiger partial charge in [-0.2, -0.15) is 0 Å². The lowest BCUT2D eigenvalue weighted by molar-refractivity contribution is -0.121. The number of likely N-dealkylation sites (tertiary alicyclic amines) is 1. The molecule has 32 heavy (non-hydrogen) atoms. The number of nitrogens with one attached hydrogen (secondary N) is 2. The Bertz CT molecular complexity index is 1170. The Balaban J connectivity index is 1.33. The number of piperidine rings is 1. The highest BCUT2D eigenvalue weighted by molar-refractivity contribution is 8.00. The van der Waals surface area contributed by atoms with E-state index >= 15 is 0 Å². The van der Waals surface area contributed by atoms with Gasteiger partial charge in [0.1, 0.15) is 0 Å². The van der Waals surface area contributed by atoms with Gasteiger partial charge in [-0.05, 0) is 55.3 Å². The number of carbonyl (C=O) groups excluding carboxylic acids is 3. The molecule has 2 aliphatic heterocycles. The number of hydrogen-bond donors (Lipinski definition) is 3. The molecule has 1 fully saturated rings. The van der Waals surface area contributed by atoms with Crippen LogP contribution in [0.25, 0.3) is 0 Å². The van der Waals surface area contributed by atoms with Crippen molar-refractivity contribution < 1.29 is 22.8 Å². The molecule has 2 aliphatic rings. The molecule has 0 aromatic heterocycles. The predicted molar refractivity (Wildman–Crippen MR) is 121 cm³/mol. The zero-order chi connectivity index (χ0) is 22.9. The van der Waals surface area contributed by atoms with E-state index in [1.807, 2.05) is 6.07 Å². The van der Waals surface area contributed by atoms with E-state index in [1.54, 1.807) is 17.0 Å². The molecular weight excluding hydrogens is 452 g/mol. The summed E-state index contributed by atoms with van der Waals surface area (Å²) in [6.45, 7) is 0.888. The summed E-state index contributed by atoms with van der Waals surface area (Å²) in [4.78, 5) is 39.7. The molecule has 4 rings (SSSR count). The van der Waals surface area contributed by atoms with Gasteiger partial charge in [-0.3, -0.25) is 14.4 Å². The summed E-state index contributed by atoms with van der Waals surface area (Å²) in [5, 5.41) is 10.7. The lowest BCUT2D eigenvalue weighted by atomic mass is 9.95. The van der Waals surface area contributed by atoms with Crippen LogP contribution >= 0.6 is 11.8 Å². The summed E-state index contributed by atoms with van der Waals surface area (Å²) in [7, 11) is -3.79. The molecule has 168 valence electrons. The molecule has 1 saturated heterocycles. The van der Waals surface area contributed by atoms with Crippen LogP contribution in [0, 0.1) is 5.92 Å². The van der Waals surface area contributed by atoms with Crippen molar-refractivity contribution in [2.45, 2.75) is 22.6 Å². The van der Waals surface area contributed by atoms with Crippen LogP contribution in [0.1, 0.15) is 23.2 Å². The first-order valence-corrected chi connectivity index (χ1v) is 12.5. The number of rotatable bonds is 4. The maximum Gasteiger partial charge on any atom is 0.253 e. The average Bonchev–Trinajstić information content (AvgIpc) is 2.78. The van der Waals surface area contributed by atoms with Crippen LogP contribution in [0.2, 0.25) is 0 Å². The third-order valence-electron chi connectivity index (χ3n) is 5.46. The number of fused-ring (bicyclic) bond motifs is 1. The average molecular weight is 475 g/mol. The number of hydrogen-bond acceptors (Lipinski definition) is 6. The molecular formula is C21H22N4O5S2. The van der Waals surface area contributed by atoms with E-state index in [9.17, 15) is 22.8 Å². The molecule has 0 spiro atoms. The fraction of sp³-hybridized carbons (Fsp3) is 0.286. The Hall–Kier alpha value is -2.89. The van der Waals surface area contributed by atoms with Crippen molar-refractivity contribution in [2.75, 3.05) is 29.5 Å². The second-order valence-corrected chi connectivity index (χ2v) is 10.3. The molecule has 2 aromatic carbocycles. The van der Waals surface area contributed by atoms with Crippen LogP contribution < -0.4 is 15.8 Å². The van der Waals surface area contributed by atoms with E-state index in [0.29, 0.717) is 48.6 Å². The molecule has 2 aromatic rings. The lowest BCUT2D eigenvalue weighted by Crippen LogP contribution is -2.41. The first kappa shape index (κ1) is 22.3. The van der Waals surface area contributed by atoms with Crippen molar-refractivity contribution in [2.24, 2.45) is 11.1 Å². The summed E-state index contributed by atoms with van der Waals surface area (Å²) in [6.07, 6.45) is 1.04. The summed E-state index contributed by atoms with van der Waals surface area (Å²) in [6, 6.07) is 11.0. The topological polar surface area (TPSA) is 139 Å². The van der Waals surface area contributed by atoms with Crippen LogP contribution in [-0.4, -0.2) is 49.9 Å². The van der Waals surface area contributed by atoms with E-state index in [-0.39, 0.29) is 28.5 Å². The monoisotopic (exact) mass is 474 g/mol. The fourth-order valence-corrected chi connectivity index (χ4v) is 5.02. The van der Waals surface area contributed by atoms with Crippen molar-refractivity contribution >= 4 is 50.9 Å². The smallest absolute Gasteiger partial charge is 0.253 e. The third-order valence-corrected chi connectivity index (χ3v) is 7.47. The molecule has 0 aliphatic carbocycles. The first-order valence-electron chi connectivity index (χ1n) is 10.0. The highest BCUT2D eigenvalue weighted by Crippen LogP contribution is 2.32. The van der Waals surface area contributed by atoms with Gasteiger partial charge < -0.3 is 15.5 Å². The van der Waals surface area contributed by atoms with Gasteiger partial charge in [0.2, 0.25) is 21.8 Å². The zero-order valence-corrected chi connectivity index (χ0v) is 18.7. The fourth-order valence-electron chi connectivity index (χ4n) is 3.72. The van der Waals surface area contributed by atoms with Crippen LogP contribution in [-0.2, 0) is 19.6 Å². The van der Waals surface area contributed by atoms with Gasteiger partial charge in [0.25, 0.3) is 5.91 Å². The number of thioether (sulfide) groups is 1. The van der Waals surface area contributed by atoms with Gasteiger partial charge in [0.15, 0.2) is 0 Å². The highest BCUT2D eigenvalue weighted by atomic mass is 32.2. The number of anilines is 2. The van der Waals surface area contributed by atoms with Gasteiger partial charge in [0, 0.05) is 35.2 Å². The quantitative estimate of drug-likeness (QED) is 0.618. The van der Waals surface area contributed by atoms with Crippen molar-refractivity contribution in [3.05, 3.63) is 48.0 Å². The molecule has 0 radical (unpaired) electrons. The Morgan fingerprint density at radius 3 is 2.44 bits per heavy atom. The van der Waals surface area contributed by atoms with Crippen molar-refractivity contribution in [1.29, 1.82) is 0 Å². The van der Waals surface area contributed by atoms with E-state index in [1.165, 1.54) is 36.0 Å². The number of nitrogens with two attached hydrogens (primary N) is 1. The SMILES string of the molecule is NS(=O)(=O)c1ccc(NC(=O)C2CCN(C(=O)c3ccc4c(c3)NC(=O)CS4)CC2)cc1. The normalized spacial score (nSPS) is 16.8. The maximum atomic E-state index is 12.9. The predicted octanol–water partition coefficient (Wildman–Crippen LogP) is 1.87. The summed E-state index contributed by atoms with van der Waals surface area (Å²) in [5.74, 6) is -0.273. The Morgan fingerprint density at radius 2 is 1.78 bits per heavy atom. The minimum atomic E-state index is -3.79. The van der Waals surface area contributed by atoms with Crippen molar-refractivity contribution in [1.82, 2.24) is 4.90 Å². The Labute approximate surface area is 189 Å². The molecule has 0 saturated carbocycles. The molecule has 0 atom stereocenters. The molecule has 0 bridgehead atoms. The standard InChI is InChI=1S/C21H22N4O5S2/c22-32(29,30)16-4-2-15(3-5-16)23-20(27)13-7-9-25(10-8-13)21(28)14-1-6-18-17(11-14)24-19(26)12-31-18/h1-6,11,13H,7-10,12H2,(H,23,27)(H,24,26)(H2,22,29,30). The van der Waals surface area contributed by atoms with Gasteiger partial charge in [0.05, 0.1) is 16.3 Å². The third kappa shape index (κ3) is 4.95. The number of benzene rings is 2. The lowest BCUT2D eigenvalue weighted by Gasteiger charge is -2.31. The van der Waals surface area contributed by atoms with Crippen molar-refractivity contribution in [3.63, 3.8) is 0 Å². The Kier molecular flexibility index (Phi) is 6.22. The number of amides is 3. The largest absolute Gasteiger partial charge is 0.339 e. The van der Waals surface area contributed by atoms with E-state index < -0.39 is 10.0 Å². The molecule has 3 amide bonds. The molecule has 4 N–H and O–H groups in total. The van der Waals surface area contributed by atoms with Crippen LogP contribution in [0.5, 0.6) is 0 Å². The van der Waals surface area contributed by atoms with E-state index in [2.05, 4.69) is 10.6 Å². The van der Waals surface area contributed by atoms with Crippen LogP contribution in [0.4, 0.5) is 11.4 Å².